The molecule has 1 aliphatic rings. The molecule has 0 N–H and O–H groups in total. The molecule has 4 nitrogen and oxygen atoms in total. The number of allylic oxidation sites excluding steroid dienone is 1. The lowest BCUT2D eigenvalue weighted by molar-refractivity contribution is -0.127. The first kappa shape index (κ1) is 16.3. The number of fused-ring (bicyclic) bond motifs is 1. The van der Waals surface area contributed by atoms with Crippen molar-refractivity contribution in [2.24, 2.45) is 0 Å². The van der Waals surface area contributed by atoms with Gasteiger partial charge in [-0.3, -0.25) is 4.79 Å². The summed E-state index contributed by atoms with van der Waals surface area (Å²) in [4.78, 5) is 19.8. The molecule has 1 aromatic heterocycles. The number of carbonyl (C=O) groups is 1. The Morgan fingerprint density at radius 1 is 1.04 bits per heavy atom. The smallest absolute Gasteiger partial charge is 0.353 e. The maximum absolute atomic E-state index is 12.1. The molecule has 0 radical (unpaired) electrons. The average molecular weight is 335 g/mol. The Bertz CT molecular complexity index is 765. The van der Waals surface area contributed by atoms with Crippen molar-refractivity contribution < 1.29 is 18.0 Å². The summed E-state index contributed by atoms with van der Waals surface area (Å²) < 4.78 is 36.4. The third-order valence-electron chi connectivity index (χ3n) is 3.91. The van der Waals surface area contributed by atoms with Crippen molar-refractivity contribution in [2.45, 2.75) is 6.18 Å². The summed E-state index contributed by atoms with van der Waals surface area (Å²) in [6.07, 6.45) is -3.90. The minimum atomic E-state index is -4.47. The van der Waals surface area contributed by atoms with Crippen LogP contribution in [0.15, 0.2) is 48.6 Å². The fraction of sp³-hybridized carbons (Fsp3) is 0.294. The Hall–Kier alpha value is -2.57. The van der Waals surface area contributed by atoms with Crippen molar-refractivity contribution in [3.8, 4) is 0 Å². The van der Waals surface area contributed by atoms with Crippen LogP contribution in [0.25, 0.3) is 10.9 Å². The maximum Gasteiger partial charge on any atom is 0.409 e. The molecule has 1 aromatic carbocycles. The van der Waals surface area contributed by atoms with E-state index in [2.05, 4.69) is 4.98 Å². The number of piperazine rings is 1. The van der Waals surface area contributed by atoms with Crippen LogP contribution in [0.2, 0.25) is 0 Å². The lowest BCUT2D eigenvalue weighted by Gasteiger charge is -2.35. The molecule has 24 heavy (non-hydrogen) atoms. The molecule has 0 bridgehead atoms. The fourth-order valence-electron chi connectivity index (χ4n) is 2.66. The van der Waals surface area contributed by atoms with Gasteiger partial charge in [0.1, 0.15) is 5.82 Å². The van der Waals surface area contributed by atoms with E-state index in [0.717, 1.165) is 16.7 Å². The molecule has 0 aliphatic carbocycles. The van der Waals surface area contributed by atoms with Crippen molar-refractivity contribution in [2.75, 3.05) is 31.1 Å². The number of anilines is 1. The minimum absolute atomic E-state index is 0.0212. The predicted molar refractivity (Wildman–Crippen MR) is 85.7 cm³/mol. The molecule has 0 atom stereocenters. The van der Waals surface area contributed by atoms with E-state index >= 15 is 0 Å². The number of hydrogen-bond acceptors (Lipinski definition) is 3. The van der Waals surface area contributed by atoms with Gasteiger partial charge in [0, 0.05) is 43.7 Å². The van der Waals surface area contributed by atoms with Gasteiger partial charge in [-0.1, -0.05) is 18.2 Å². The normalized spacial score (nSPS) is 16.1. The summed E-state index contributed by atoms with van der Waals surface area (Å²) in [5.41, 5.74) is 0.890. The first-order chi connectivity index (χ1) is 11.4. The number of rotatable bonds is 2. The average Bonchev–Trinajstić information content (AvgIpc) is 2.59. The van der Waals surface area contributed by atoms with Crippen molar-refractivity contribution in [1.29, 1.82) is 0 Å². The van der Waals surface area contributed by atoms with E-state index in [1.165, 1.54) is 4.90 Å². The molecule has 7 heteroatoms. The zero-order valence-electron chi connectivity index (χ0n) is 12.8. The molecule has 1 fully saturated rings. The van der Waals surface area contributed by atoms with Gasteiger partial charge in [-0.15, -0.1) is 0 Å². The van der Waals surface area contributed by atoms with Gasteiger partial charge >= 0.3 is 6.18 Å². The molecule has 0 unspecified atom stereocenters. The Morgan fingerprint density at radius 3 is 2.46 bits per heavy atom. The molecule has 0 spiro atoms. The number of pyridine rings is 1. The topological polar surface area (TPSA) is 36.4 Å². The number of amides is 1. The number of para-hydroxylation sites is 1. The highest BCUT2D eigenvalue weighted by Gasteiger charge is 2.25. The molecule has 126 valence electrons. The number of halogens is 3. The first-order valence-corrected chi connectivity index (χ1v) is 7.58. The van der Waals surface area contributed by atoms with Gasteiger partial charge in [-0.05, 0) is 18.2 Å². The summed E-state index contributed by atoms with van der Waals surface area (Å²) in [6.45, 7) is 1.82. The summed E-state index contributed by atoms with van der Waals surface area (Å²) in [6, 6.07) is 11.7. The Balaban J connectivity index is 1.64. The van der Waals surface area contributed by atoms with Gasteiger partial charge in [0.15, 0.2) is 0 Å². The van der Waals surface area contributed by atoms with E-state index in [0.29, 0.717) is 32.3 Å². The third kappa shape index (κ3) is 3.84. The molecule has 1 aliphatic heterocycles. The molecular weight excluding hydrogens is 319 g/mol. The molecule has 3 rings (SSSR count). The second kappa shape index (κ2) is 6.51. The monoisotopic (exact) mass is 335 g/mol. The molecule has 1 saturated heterocycles. The van der Waals surface area contributed by atoms with E-state index in [1.807, 2.05) is 41.3 Å². The van der Waals surface area contributed by atoms with Crippen LogP contribution in [0.5, 0.6) is 0 Å². The van der Waals surface area contributed by atoms with Crippen molar-refractivity contribution in [3.05, 3.63) is 48.6 Å². The number of nitrogens with zero attached hydrogens (tertiary/aromatic N) is 3. The lowest BCUT2D eigenvalue weighted by Crippen LogP contribution is -2.48. The summed E-state index contributed by atoms with van der Waals surface area (Å²) in [5, 5.41) is 1.05. The van der Waals surface area contributed by atoms with Crippen LogP contribution in [0.4, 0.5) is 19.0 Å². The van der Waals surface area contributed by atoms with Gasteiger partial charge in [0.05, 0.1) is 5.52 Å². The summed E-state index contributed by atoms with van der Waals surface area (Å²) >= 11 is 0. The minimum Gasteiger partial charge on any atom is -0.353 e. The van der Waals surface area contributed by atoms with Crippen LogP contribution in [0, 0.1) is 0 Å². The van der Waals surface area contributed by atoms with Crippen LogP contribution in [0.1, 0.15) is 0 Å². The van der Waals surface area contributed by atoms with E-state index < -0.39 is 12.1 Å². The van der Waals surface area contributed by atoms with E-state index in [1.54, 1.807) is 0 Å². The number of alkyl halides is 3. The van der Waals surface area contributed by atoms with E-state index in [4.69, 9.17) is 0 Å². The molecule has 2 aromatic rings. The van der Waals surface area contributed by atoms with Gasteiger partial charge in [0.2, 0.25) is 5.91 Å². The van der Waals surface area contributed by atoms with Crippen molar-refractivity contribution in [1.82, 2.24) is 9.88 Å². The second-order valence-corrected chi connectivity index (χ2v) is 5.55. The van der Waals surface area contributed by atoms with Crippen molar-refractivity contribution >= 4 is 22.6 Å². The van der Waals surface area contributed by atoms with Crippen LogP contribution in [-0.2, 0) is 4.79 Å². The third-order valence-corrected chi connectivity index (χ3v) is 3.91. The van der Waals surface area contributed by atoms with Crippen LogP contribution < -0.4 is 4.90 Å². The zero-order chi connectivity index (χ0) is 17.2. The second-order valence-electron chi connectivity index (χ2n) is 5.55. The Labute approximate surface area is 137 Å². The van der Waals surface area contributed by atoms with E-state index in [-0.39, 0.29) is 6.08 Å². The fourth-order valence-corrected chi connectivity index (χ4v) is 2.66. The van der Waals surface area contributed by atoms with Crippen LogP contribution in [-0.4, -0.2) is 48.1 Å². The summed E-state index contributed by atoms with van der Waals surface area (Å²) in [7, 11) is 0. The number of carbonyl (C=O) groups excluding carboxylic acids is 1. The van der Waals surface area contributed by atoms with Crippen LogP contribution >= 0.6 is 0 Å². The number of aromatic nitrogens is 1. The lowest BCUT2D eigenvalue weighted by atomic mass is 10.2. The van der Waals surface area contributed by atoms with Gasteiger partial charge < -0.3 is 9.80 Å². The summed E-state index contributed by atoms with van der Waals surface area (Å²) in [5.74, 6) is 0.199. The Morgan fingerprint density at radius 2 is 1.75 bits per heavy atom. The van der Waals surface area contributed by atoms with Crippen LogP contribution in [0.3, 0.4) is 0 Å². The SMILES string of the molecule is O=C(C=CC(F)(F)F)N1CCN(c2ccc3ccccc3n2)CC1. The highest BCUT2D eigenvalue weighted by atomic mass is 19.4. The standard InChI is InChI=1S/C17H16F3N3O/c18-17(19,20)8-7-16(24)23-11-9-22(10-12-23)15-6-5-13-3-1-2-4-14(13)21-15/h1-8H,9-12H2. The zero-order valence-corrected chi connectivity index (χ0v) is 12.8. The molecule has 0 saturated carbocycles. The van der Waals surface area contributed by atoms with Gasteiger partial charge in [-0.25, -0.2) is 4.98 Å². The molecule has 2 heterocycles. The number of hydrogen-bond donors (Lipinski definition) is 0. The van der Waals surface area contributed by atoms with E-state index in [9.17, 15) is 18.0 Å². The Kier molecular flexibility index (Phi) is 4.42. The van der Waals surface area contributed by atoms with Gasteiger partial charge in [-0.2, -0.15) is 13.2 Å². The predicted octanol–water partition coefficient (Wildman–Crippen LogP) is 3.00. The first-order valence-electron chi connectivity index (χ1n) is 7.58. The highest BCUT2D eigenvalue weighted by molar-refractivity contribution is 5.88. The van der Waals surface area contributed by atoms with Gasteiger partial charge in [0.25, 0.3) is 0 Å². The molecule has 1 amide bonds. The molecular formula is C17H16F3N3O. The quantitative estimate of drug-likeness (QED) is 0.792. The van der Waals surface area contributed by atoms with Crippen molar-refractivity contribution in [3.63, 3.8) is 0 Å². The highest BCUT2D eigenvalue weighted by Crippen LogP contribution is 2.20. The largest absolute Gasteiger partial charge is 0.409 e. The maximum atomic E-state index is 12.1. The number of benzene rings is 1.